The second-order valence-electron chi connectivity index (χ2n) is 5.72. The summed E-state index contributed by atoms with van der Waals surface area (Å²) in [4.78, 5) is 20.7. The van der Waals surface area contributed by atoms with Gasteiger partial charge in [0.2, 0.25) is 5.91 Å². The molecule has 0 aliphatic rings. The van der Waals surface area contributed by atoms with Gasteiger partial charge in [-0.3, -0.25) is 4.79 Å². The smallest absolute Gasteiger partial charge is 0.242 e. The number of amides is 1. The van der Waals surface area contributed by atoms with E-state index in [0.29, 0.717) is 12.4 Å². The van der Waals surface area contributed by atoms with Crippen LogP contribution in [0.15, 0.2) is 6.07 Å². The predicted molar refractivity (Wildman–Crippen MR) is 82.0 cm³/mol. The molecule has 0 saturated heterocycles. The number of carbonyl (C=O) groups excluding carboxylic acids is 1. The van der Waals surface area contributed by atoms with Crippen LogP contribution in [0.2, 0.25) is 0 Å². The van der Waals surface area contributed by atoms with Gasteiger partial charge in [-0.25, -0.2) is 9.97 Å². The molecule has 1 aromatic heterocycles. The summed E-state index contributed by atoms with van der Waals surface area (Å²) in [6, 6.07) is 1.45. The molecule has 1 heterocycles. The van der Waals surface area contributed by atoms with E-state index >= 15 is 0 Å². The fraction of sp³-hybridized carbons (Fsp3) is 0.643. The van der Waals surface area contributed by atoms with Crippen LogP contribution in [-0.2, 0) is 10.2 Å². The normalized spacial score (nSPS) is 12.7. The fourth-order valence-electron chi connectivity index (χ4n) is 1.60. The first-order chi connectivity index (χ1) is 9.27. The molecule has 1 atom stereocenters. The highest BCUT2D eigenvalue weighted by Gasteiger charge is 2.20. The Labute approximate surface area is 120 Å². The van der Waals surface area contributed by atoms with Crippen molar-refractivity contribution in [1.82, 2.24) is 15.3 Å². The Balaban J connectivity index is 2.97. The number of nitrogens with zero attached hydrogens (tertiary/aromatic N) is 2. The van der Waals surface area contributed by atoms with Crippen molar-refractivity contribution in [3.8, 4) is 0 Å². The zero-order chi connectivity index (χ0) is 15.3. The van der Waals surface area contributed by atoms with Crippen LogP contribution in [0.5, 0.6) is 0 Å². The van der Waals surface area contributed by atoms with Crippen LogP contribution in [-0.4, -0.2) is 35.5 Å². The van der Waals surface area contributed by atoms with E-state index in [0.717, 1.165) is 11.6 Å². The van der Waals surface area contributed by atoms with Gasteiger partial charge in [-0.05, 0) is 13.8 Å². The van der Waals surface area contributed by atoms with Crippen molar-refractivity contribution < 1.29 is 4.79 Å². The minimum Gasteiger partial charge on any atom is -0.373 e. The lowest BCUT2D eigenvalue weighted by Gasteiger charge is -2.20. The average Bonchev–Trinajstić information content (AvgIpc) is 2.37. The van der Waals surface area contributed by atoms with Crippen molar-refractivity contribution in [3.63, 3.8) is 0 Å². The average molecular weight is 279 g/mol. The number of rotatable bonds is 5. The van der Waals surface area contributed by atoms with Crippen molar-refractivity contribution in [2.24, 2.45) is 0 Å². The van der Waals surface area contributed by atoms with Gasteiger partial charge in [-0.15, -0.1) is 0 Å². The van der Waals surface area contributed by atoms with Crippen molar-refractivity contribution in [1.29, 1.82) is 0 Å². The summed E-state index contributed by atoms with van der Waals surface area (Å²) in [5.74, 6) is 2.06. The van der Waals surface area contributed by atoms with Gasteiger partial charge in [0.05, 0.1) is 0 Å². The molecule has 6 heteroatoms. The summed E-state index contributed by atoms with van der Waals surface area (Å²) < 4.78 is 0. The molecule has 20 heavy (non-hydrogen) atoms. The first-order valence-corrected chi connectivity index (χ1v) is 6.89. The summed E-state index contributed by atoms with van der Waals surface area (Å²) in [5, 5.41) is 8.90. The second kappa shape index (κ2) is 6.54. The first-order valence-electron chi connectivity index (χ1n) is 6.89. The van der Waals surface area contributed by atoms with Crippen LogP contribution < -0.4 is 16.0 Å². The second-order valence-corrected chi connectivity index (χ2v) is 5.72. The zero-order valence-corrected chi connectivity index (χ0v) is 13.2. The number of anilines is 2. The van der Waals surface area contributed by atoms with E-state index in [-0.39, 0.29) is 17.4 Å². The Bertz CT molecular complexity index is 467. The number of likely N-dealkylation sites (N-methyl/N-ethyl adjacent to an activating group) is 1. The van der Waals surface area contributed by atoms with Gasteiger partial charge in [-0.1, -0.05) is 20.8 Å². The molecule has 0 fully saturated rings. The lowest BCUT2D eigenvalue weighted by Crippen LogP contribution is -2.37. The molecule has 1 unspecified atom stereocenters. The van der Waals surface area contributed by atoms with Crippen molar-refractivity contribution in [2.45, 2.75) is 46.1 Å². The fourth-order valence-corrected chi connectivity index (χ4v) is 1.60. The molecule has 3 N–H and O–H groups in total. The maximum Gasteiger partial charge on any atom is 0.242 e. The largest absolute Gasteiger partial charge is 0.373 e. The Kier molecular flexibility index (Phi) is 5.30. The summed E-state index contributed by atoms with van der Waals surface area (Å²) in [5.41, 5.74) is -0.155. The molecule has 0 aliphatic carbocycles. The van der Waals surface area contributed by atoms with Gasteiger partial charge in [0.15, 0.2) is 0 Å². The first kappa shape index (κ1) is 16.2. The van der Waals surface area contributed by atoms with E-state index in [1.807, 2.05) is 20.9 Å². The predicted octanol–water partition coefficient (Wildman–Crippen LogP) is 1.75. The van der Waals surface area contributed by atoms with Gasteiger partial charge >= 0.3 is 0 Å². The van der Waals surface area contributed by atoms with E-state index in [9.17, 15) is 4.79 Å². The summed E-state index contributed by atoms with van der Waals surface area (Å²) >= 11 is 0. The van der Waals surface area contributed by atoms with Gasteiger partial charge in [-0.2, -0.15) is 0 Å². The molecule has 0 radical (unpaired) electrons. The SMILES string of the molecule is CCNC(=O)C(C)Nc1cc(NC)nc(C(C)(C)C)n1. The molecule has 0 aromatic carbocycles. The lowest BCUT2D eigenvalue weighted by atomic mass is 9.96. The van der Waals surface area contributed by atoms with Crippen LogP contribution >= 0.6 is 0 Å². The third kappa shape index (κ3) is 4.36. The Hall–Kier alpha value is -1.85. The van der Waals surface area contributed by atoms with Gasteiger partial charge in [0.25, 0.3) is 0 Å². The van der Waals surface area contributed by atoms with Crippen LogP contribution in [0.25, 0.3) is 0 Å². The zero-order valence-electron chi connectivity index (χ0n) is 13.2. The highest BCUT2D eigenvalue weighted by Crippen LogP contribution is 2.22. The quantitative estimate of drug-likeness (QED) is 0.765. The van der Waals surface area contributed by atoms with Gasteiger partial charge in [0, 0.05) is 25.1 Å². The van der Waals surface area contributed by atoms with E-state index in [2.05, 4.69) is 46.7 Å². The summed E-state index contributed by atoms with van der Waals surface area (Å²) in [6.07, 6.45) is 0. The van der Waals surface area contributed by atoms with Crippen LogP contribution in [0.3, 0.4) is 0 Å². The number of hydrogen-bond acceptors (Lipinski definition) is 5. The summed E-state index contributed by atoms with van der Waals surface area (Å²) in [6.45, 7) is 10.5. The minimum atomic E-state index is -0.345. The highest BCUT2D eigenvalue weighted by molar-refractivity contribution is 5.83. The summed E-state index contributed by atoms with van der Waals surface area (Å²) in [7, 11) is 1.81. The molecule has 0 spiro atoms. The standard InChI is InChI=1S/C14H25N5O/c1-7-16-12(20)9(2)17-11-8-10(15-6)18-13(19-11)14(3,4)5/h8-9H,7H2,1-6H3,(H,16,20)(H2,15,17,18,19). The number of aromatic nitrogens is 2. The van der Waals surface area contributed by atoms with Crippen LogP contribution in [0.1, 0.15) is 40.4 Å². The topological polar surface area (TPSA) is 78.9 Å². The minimum absolute atomic E-state index is 0.0468. The molecule has 1 rings (SSSR count). The van der Waals surface area contributed by atoms with Crippen LogP contribution in [0, 0.1) is 0 Å². The van der Waals surface area contributed by atoms with Crippen LogP contribution in [0.4, 0.5) is 11.6 Å². The molecular weight excluding hydrogens is 254 g/mol. The van der Waals surface area contributed by atoms with Crippen molar-refractivity contribution >= 4 is 17.5 Å². The Morgan fingerprint density at radius 3 is 2.40 bits per heavy atom. The molecule has 1 amide bonds. The molecule has 0 saturated carbocycles. The Morgan fingerprint density at radius 1 is 1.30 bits per heavy atom. The van der Waals surface area contributed by atoms with E-state index < -0.39 is 0 Å². The van der Waals surface area contributed by atoms with Crippen molar-refractivity contribution in [3.05, 3.63) is 11.9 Å². The molecule has 0 bridgehead atoms. The van der Waals surface area contributed by atoms with E-state index in [1.165, 1.54) is 0 Å². The number of nitrogens with one attached hydrogen (secondary N) is 3. The lowest BCUT2D eigenvalue weighted by molar-refractivity contribution is -0.121. The van der Waals surface area contributed by atoms with Gasteiger partial charge in [0.1, 0.15) is 23.5 Å². The Morgan fingerprint density at radius 2 is 1.90 bits per heavy atom. The number of carbonyl (C=O) groups is 1. The van der Waals surface area contributed by atoms with Crippen molar-refractivity contribution in [2.75, 3.05) is 24.2 Å². The molecule has 0 aliphatic heterocycles. The molecular formula is C14H25N5O. The maximum absolute atomic E-state index is 11.8. The van der Waals surface area contributed by atoms with Gasteiger partial charge < -0.3 is 16.0 Å². The molecule has 112 valence electrons. The third-order valence-electron chi connectivity index (χ3n) is 2.76. The molecule has 1 aromatic rings. The maximum atomic E-state index is 11.8. The van der Waals surface area contributed by atoms with E-state index in [4.69, 9.17) is 0 Å². The van der Waals surface area contributed by atoms with E-state index in [1.54, 1.807) is 6.07 Å². The highest BCUT2D eigenvalue weighted by atomic mass is 16.2. The number of hydrogen-bond donors (Lipinski definition) is 3. The third-order valence-corrected chi connectivity index (χ3v) is 2.76. The molecule has 6 nitrogen and oxygen atoms in total. The monoisotopic (exact) mass is 279 g/mol.